The lowest BCUT2D eigenvalue weighted by Gasteiger charge is -2.37. The van der Waals surface area contributed by atoms with E-state index in [4.69, 9.17) is 5.73 Å². The molecule has 0 aliphatic heterocycles. The summed E-state index contributed by atoms with van der Waals surface area (Å²) >= 11 is 0. The van der Waals surface area contributed by atoms with Crippen molar-refractivity contribution in [2.75, 3.05) is 6.54 Å². The zero-order valence-corrected chi connectivity index (χ0v) is 10.2. The van der Waals surface area contributed by atoms with Gasteiger partial charge in [-0.1, -0.05) is 26.7 Å². The molecule has 1 amide bonds. The molecule has 0 aromatic heterocycles. The first-order valence-electron chi connectivity index (χ1n) is 6.00. The van der Waals surface area contributed by atoms with Crippen molar-refractivity contribution in [2.45, 2.75) is 52.0 Å². The predicted octanol–water partition coefficient (Wildman–Crippen LogP) is 1.67. The first kappa shape index (κ1) is 12.5. The first-order valence-corrected chi connectivity index (χ1v) is 6.00. The molecule has 1 saturated carbocycles. The molecule has 3 heteroatoms. The van der Waals surface area contributed by atoms with Crippen molar-refractivity contribution in [1.82, 2.24) is 5.32 Å². The lowest BCUT2D eigenvalue weighted by molar-refractivity contribution is -0.128. The summed E-state index contributed by atoms with van der Waals surface area (Å²) in [5.74, 6) is 0.653. The monoisotopic (exact) mass is 212 g/mol. The number of nitrogens with two attached hydrogens (primary N) is 1. The van der Waals surface area contributed by atoms with Gasteiger partial charge in [-0.2, -0.15) is 0 Å². The molecule has 0 spiro atoms. The van der Waals surface area contributed by atoms with Crippen LogP contribution >= 0.6 is 0 Å². The average Bonchev–Trinajstić information content (AvgIpc) is 2.13. The van der Waals surface area contributed by atoms with E-state index in [-0.39, 0.29) is 17.4 Å². The van der Waals surface area contributed by atoms with E-state index in [9.17, 15) is 4.79 Å². The summed E-state index contributed by atoms with van der Waals surface area (Å²) in [4.78, 5) is 11.9. The summed E-state index contributed by atoms with van der Waals surface area (Å²) < 4.78 is 0. The van der Waals surface area contributed by atoms with E-state index in [1.165, 1.54) is 0 Å². The summed E-state index contributed by atoms with van der Waals surface area (Å²) in [6.07, 6.45) is 4.19. The fraction of sp³-hybridized carbons (Fsp3) is 0.917. The van der Waals surface area contributed by atoms with Crippen LogP contribution in [-0.2, 0) is 4.79 Å². The molecule has 0 saturated heterocycles. The van der Waals surface area contributed by atoms with Gasteiger partial charge in [0.2, 0.25) is 5.91 Å². The SMILES string of the molecule is CC(C)CNC(=O)C1CCCCC1(C)N. The van der Waals surface area contributed by atoms with Gasteiger partial charge >= 0.3 is 0 Å². The highest BCUT2D eigenvalue weighted by Crippen LogP contribution is 2.31. The van der Waals surface area contributed by atoms with E-state index < -0.39 is 0 Å². The van der Waals surface area contributed by atoms with Crippen molar-refractivity contribution in [3.05, 3.63) is 0 Å². The van der Waals surface area contributed by atoms with Gasteiger partial charge in [0.05, 0.1) is 5.92 Å². The molecule has 3 nitrogen and oxygen atoms in total. The third-order valence-electron chi connectivity index (χ3n) is 3.26. The van der Waals surface area contributed by atoms with Crippen LogP contribution < -0.4 is 11.1 Å². The minimum atomic E-state index is -0.306. The minimum Gasteiger partial charge on any atom is -0.356 e. The molecule has 3 N–H and O–H groups in total. The number of nitrogens with one attached hydrogen (secondary N) is 1. The maximum absolute atomic E-state index is 11.9. The Hall–Kier alpha value is -0.570. The zero-order chi connectivity index (χ0) is 11.5. The highest BCUT2D eigenvalue weighted by molar-refractivity contribution is 5.80. The molecule has 0 aromatic rings. The summed E-state index contributed by atoms with van der Waals surface area (Å²) in [7, 11) is 0. The predicted molar refractivity (Wildman–Crippen MR) is 62.4 cm³/mol. The van der Waals surface area contributed by atoms with Gasteiger partial charge in [-0.3, -0.25) is 4.79 Å². The molecule has 0 aromatic carbocycles. The largest absolute Gasteiger partial charge is 0.356 e. The van der Waals surface area contributed by atoms with Gasteiger partial charge in [-0.05, 0) is 25.7 Å². The number of hydrogen-bond donors (Lipinski definition) is 2. The lowest BCUT2D eigenvalue weighted by Crippen LogP contribution is -2.53. The smallest absolute Gasteiger partial charge is 0.224 e. The van der Waals surface area contributed by atoms with E-state index in [1.807, 2.05) is 6.92 Å². The lowest BCUT2D eigenvalue weighted by atomic mass is 9.74. The number of hydrogen-bond acceptors (Lipinski definition) is 2. The number of carbonyl (C=O) groups is 1. The standard InChI is InChI=1S/C12H24N2O/c1-9(2)8-14-11(15)10-6-4-5-7-12(10,3)13/h9-10H,4-8,13H2,1-3H3,(H,14,15). The Kier molecular flexibility index (Phi) is 4.14. The Labute approximate surface area is 92.8 Å². The molecular weight excluding hydrogens is 188 g/mol. The Balaban J connectivity index is 2.49. The first-order chi connectivity index (χ1) is 6.93. The molecule has 2 atom stereocenters. The van der Waals surface area contributed by atoms with Crippen LogP contribution in [0.25, 0.3) is 0 Å². The molecule has 15 heavy (non-hydrogen) atoms. The summed E-state index contributed by atoms with van der Waals surface area (Å²) in [6.45, 7) is 6.96. The molecule has 2 unspecified atom stereocenters. The molecule has 88 valence electrons. The second-order valence-electron chi connectivity index (χ2n) is 5.44. The van der Waals surface area contributed by atoms with Gasteiger partial charge < -0.3 is 11.1 Å². The maximum atomic E-state index is 11.9. The molecule has 1 aliphatic rings. The molecule has 1 rings (SSSR count). The topological polar surface area (TPSA) is 55.1 Å². The van der Waals surface area contributed by atoms with Crippen LogP contribution in [0.4, 0.5) is 0 Å². The van der Waals surface area contributed by atoms with E-state index in [2.05, 4.69) is 19.2 Å². The number of rotatable bonds is 3. The van der Waals surface area contributed by atoms with Gasteiger partial charge in [0.15, 0.2) is 0 Å². The zero-order valence-electron chi connectivity index (χ0n) is 10.2. The van der Waals surface area contributed by atoms with E-state index in [1.54, 1.807) is 0 Å². The fourth-order valence-corrected chi connectivity index (χ4v) is 2.22. The average molecular weight is 212 g/mol. The van der Waals surface area contributed by atoms with E-state index >= 15 is 0 Å². The minimum absolute atomic E-state index is 0.00463. The van der Waals surface area contributed by atoms with Crippen LogP contribution in [-0.4, -0.2) is 18.0 Å². The van der Waals surface area contributed by atoms with Crippen molar-refractivity contribution in [3.63, 3.8) is 0 Å². The van der Waals surface area contributed by atoms with Crippen LogP contribution in [0.1, 0.15) is 46.5 Å². The highest BCUT2D eigenvalue weighted by Gasteiger charge is 2.37. The van der Waals surface area contributed by atoms with Crippen LogP contribution in [0.15, 0.2) is 0 Å². The Bertz CT molecular complexity index is 224. The van der Waals surface area contributed by atoms with Crippen molar-refractivity contribution in [3.8, 4) is 0 Å². The Morgan fingerprint density at radius 2 is 2.20 bits per heavy atom. The molecule has 0 bridgehead atoms. The second kappa shape index (κ2) is 4.97. The highest BCUT2D eigenvalue weighted by atomic mass is 16.1. The second-order valence-corrected chi connectivity index (χ2v) is 5.44. The summed E-state index contributed by atoms with van der Waals surface area (Å²) in [5.41, 5.74) is 5.86. The van der Waals surface area contributed by atoms with Crippen LogP contribution in [0.2, 0.25) is 0 Å². The van der Waals surface area contributed by atoms with Gasteiger partial charge in [0.1, 0.15) is 0 Å². The van der Waals surface area contributed by atoms with E-state index in [0.29, 0.717) is 5.92 Å². The van der Waals surface area contributed by atoms with Gasteiger partial charge in [0, 0.05) is 12.1 Å². The Morgan fingerprint density at radius 3 is 2.73 bits per heavy atom. The molecular formula is C12H24N2O. The van der Waals surface area contributed by atoms with Gasteiger partial charge in [-0.15, -0.1) is 0 Å². The molecule has 0 heterocycles. The van der Waals surface area contributed by atoms with Gasteiger partial charge in [0.25, 0.3) is 0 Å². The molecule has 0 radical (unpaired) electrons. The summed E-state index contributed by atoms with van der Waals surface area (Å²) in [6, 6.07) is 0. The van der Waals surface area contributed by atoms with E-state index in [0.717, 1.165) is 32.2 Å². The third-order valence-corrected chi connectivity index (χ3v) is 3.26. The molecule has 1 aliphatic carbocycles. The number of carbonyl (C=O) groups excluding carboxylic acids is 1. The van der Waals surface area contributed by atoms with Crippen molar-refractivity contribution < 1.29 is 4.79 Å². The maximum Gasteiger partial charge on any atom is 0.224 e. The van der Waals surface area contributed by atoms with Crippen LogP contribution in [0.5, 0.6) is 0 Å². The van der Waals surface area contributed by atoms with Crippen LogP contribution in [0, 0.1) is 11.8 Å². The molecule has 1 fully saturated rings. The fourth-order valence-electron chi connectivity index (χ4n) is 2.22. The van der Waals surface area contributed by atoms with Crippen LogP contribution in [0.3, 0.4) is 0 Å². The number of amides is 1. The third kappa shape index (κ3) is 3.49. The van der Waals surface area contributed by atoms with Crippen molar-refractivity contribution in [1.29, 1.82) is 0 Å². The summed E-state index contributed by atoms with van der Waals surface area (Å²) in [5, 5.41) is 2.99. The quantitative estimate of drug-likeness (QED) is 0.747. The van der Waals surface area contributed by atoms with Gasteiger partial charge in [-0.25, -0.2) is 0 Å². The Morgan fingerprint density at radius 1 is 1.53 bits per heavy atom. The normalized spacial score (nSPS) is 31.7. The van der Waals surface area contributed by atoms with Crippen molar-refractivity contribution >= 4 is 5.91 Å². The van der Waals surface area contributed by atoms with Crippen molar-refractivity contribution in [2.24, 2.45) is 17.6 Å².